The number of benzene rings is 5. The number of carbonyl (C=O) groups is 2. The van der Waals surface area contributed by atoms with Gasteiger partial charge in [0, 0.05) is 35.6 Å². The molecule has 0 aliphatic heterocycles. The molecule has 0 aliphatic rings. The summed E-state index contributed by atoms with van der Waals surface area (Å²) < 4.78 is 40.8. The van der Waals surface area contributed by atoms with Gasteiger partial charge in [-0.2, -0.15) is 0 Å². The number of nitrogens with one attached hydrogen (secondary N) is 3. The second kappa shape index (κ2) is 18.2. The van der Waals surface area contributed by atoms with Gasteiger partial charge in [-0.25, -0.2) is 27.5 Å². The first-order chi connectivity index (χ1) is 27.0. The van der Waals surface area contributed by atoms with Crippen LogP contribution in [0.4, 0.5) is 26.0 Å². The maximum Gasteiger partial charge on any atom is 0.243 e. The predicted molar refractivity (Wildman–Crippen MR) is 221 cm³/mol. The second-order valence-electron chi connectivity index (χ2n) is 12.5. The number of nitrogens with zero attached hydrogens (tertiary/aromatic N) is 2. The number of sulfonamides is 1. The number of halogens is 1. The van der Waals surface area contributed by atoms with Crippen LogP contribution in [0.25, 0.3) is 0 Å². The average Bonchev–Trinajstić information content (AvgIpc) is 3.88. The van der Waals surface area contributed by atoms with Crippen LogP contribution in [0.5, 0.6) is 0 Å². The number of anilines is 4. The summed E-state index contributed by atoms with van der Waals surface area (Å²) in [5.41, 5.74) is 12.3. The van der Waals surface area contributed by atoms with E-state index in [2.05, 4.69) is 25.3 Å². The van der Waals surface area contributed by atoms with Crippen molar-refractivity contribution in [1.29, 1.82) is 0 Å². The Morgan fingerprint density at radius 1 is 0.643 bits per heavy atom. The first kappa shape index (κ1) is 39.8. The molecule has 0 spiro atoms. The lowest BCUT2D eigenvalue weighted by atomic mass is 10.0. The molecule has 7 aromatic rings. The fourth-order valence-electron chi connectivity index (χ4n) is 5.39. The highest BCUT2D eigenvalue weighted by molar-refractivity contribution is 7.89. The van der Waals surface area contributed by atoms with E-state index in [1.54, 1.807) is 42.7 Å². The molecule has 0 saturated carbocycles. The van der Waals surface area contributed by atoms with E-state index in [1.807, 2.05) is 80.6 Å². The van der Waals surface area contributed by atoms with Gasteiger partial charge in [-0.15, -0.1) is 0 Å². The molecule has 0 amide bonds. The maximum atomic E-state index is 13.8. The van der Waals surface area contributed by atoms with Gasteiger partial charge in [-0.05, 0) is 72.5 Å². The molecule has 56 heavy (non-hydrogen) atoms. The van der Waals surface area contributed by atoms with E-state index in [1.165, 1.54) is 40.9 Å². The number of aryl methyl sites for hydroxylation is 2. The van der Waals surface area contributed by atoms with Crippen molar-refractivity contribution < 1.29 is 22.4 Å². The van der Waals surface area contributed by atoms with E-state index < -0.39 is 15.8 Å². The van der Waals surface area contributed by atoms with Crippen LogP contribution in [0.1, 0.15) is 52.7 Å². The summed E-state index contributed by atoms with van der Waals surface area (Å²) in [7, 11) is -3.96. The molecule has 0 aliphatic carbocycles. The molecule has 284 valence electrons. The Hall–Kier alpha value is -5.90. The van der Waals surface area contributed by atoms with Crippen LogP contribution in [0, 0.1) is 19.7 Å². The Bertz CT molecular complexity index is 2570. The maximum absolute atomic E-state index is 13.8. The Labute approximate surface area is 332 Å². The van der Waals surface area contributed by atoms with Crippen molar-refractivity contribution in [3.63, 3.8) is 0 Å². The Morgan fingerprint density at radius 2 is 1.09 bits per heavy atom. The third kappa shape index (κ3) is 10.0. The molecule has 14 heteroatoms. The normalized spacial score (nSPS) is 11.0. The first-order valence-electron chi connectivity index (χ1n) is 17.3. The Morgan fingerprint density at radius 3 is 1.55 bits per heavy atom. The summed E-state index contributed by atoms with van der Waals surface area (Å²) in [5.74, 6) is -0.864. The molecule has 5 aromatic carbocycles. The fourth-order valence-corrected chi connectivity index (χ4v) is 8.07. The lowest BCUT2D eigenvalue weighted by Gasteiger charge is -2.08. The summed E-state index contributed by atoms with van der Waals surface area (Å²) in [6.07, 6.45) is 3.17. The van der Waals surface area contributed by atoms with Crippen LogP contribution in [0.2, 0.25) is 0 Å². The van der Waals surface area contributed by atoms with Crippen molar-refractivity contribution in [2.45, 2.75) is 31.8 Å². The monoisotopic (exact) mass is 804 g/mol. The van der Waals surface area contributed by atoms with Crippen LogP contribution in [-0.4, -0.2) is 30.0 Å². The second-order valence-corrected chi connectivity index (χ2v) is 16.2. The molecule has 0 atom stereocenters. The molecular weight excluding hydrogens is 768 g/mol. The molecule has 5 N–H and O–H groups in total. The largest absolute Gasteiger partial charge is 0.332 e. The fraction of sp³-hybridized carbons (Fsp3) is 0.0952. The summed E-state index contributed by atoms with van der Waals surface area (Å²) >= 11 is 2.61. The summed E-state index contributed by atoms with van der Waals surface area (Å²) in [6.45, 7) is 4.37. The van der Waals surface area contributed by atoms with Crippen molar-refractivity contribution in [1.82, 2.24) is 14.7 Å². The predicted octanol–water partition coefficient (Wildman–Crippen LogP) is 8.93. The lowest BCUT2D eigenvalue weighted by molar-refractivity contribution is 0.103. The van der Waals surface area contributed by atoms with E-state index in [4.69, 9.17) is 5.73 Å². The van der Waals surface area contributed by atoms with Crippen molar-refractivity contribution in [3.8, 4) is 0 Å². The standard InChI is InChI=1S/C24H20FN3O3S2.C18H17N3OS/c1-16-6-2-3-7-19(16)23(29)21-15-26-24(32-21)28-18-12-10-17(11-13-18)14-27-33(30,31)22-9-5-4-8-20(22)25;1-12-4-2-3-5-15(12)17(22)16-11-20-18(23-16)21-14-8-6-13(10-19)7-9-14/h2-13,15,27H,14H2,1H3,(H,26,28);2-9,11H,10,19H2,1H3,(H,20,21). The van der Waals surface area contributed by atoms with Gasteiger partial charge in [0.2, 0.25) is 21.6 Å². The van der Waals surface area contributed by atoms with Crippen molar-refractivity contribution in [2.75, 3.05) is 10.6 Å². The van der Waals surface area contributed by atoms with Gasteiger partial charge in [-0.1, -0.05) is 108 Å². The van der Waals surface area contributed by atoms with Crippen molar-refractivity contribution in [2.24, 2.45) is 5.73 Å². The molecule has 0 bridgehead atoms. The number of nitrogens with two attached hydrogens (primary N) is 1. The minimum absolute atomic E-state index is 0.00660. The number of hydrogen-bond acceptors (Lipinski definition) is 11. The Balaban J connectivity index is 0.000000202. The quantitative estimate of drug-likeness (QED) is 0.0836. The van der Waals surface area contributed by atoms with E-state index in [9.17, 15) is 22.4 Å². The van der Waals surface area contributed by atoms with Crippen LogP contribution >= 0.6 is 22.7 Å². The van der Waals surface area contributed by atoms with E-state index in [0.29, 0.717) is 37.7 Å². The van der Waals surface area contributed by atoms with E-state index in [-0.39, 0.29) is 23.0 Å². The van der Waals surface area contributed by atoms with Crippen LogP contribution < -0.4 is 21.1 Å². The van der Waals surface area contributed by atoms with E-state index in [0.717, 1.165) is 39.7 Å². The minimum atomic E-state index is -3.96. The molecule has 0 saturated heterocycles. The molecule has 0 fully saturated rings. The zero-order valence-electron chi connectivity index (χ0n) is 30.3. The van der Waals surface area contributed by atoms with Gasteiger partial charge in [0.05, 0.1) is 22.1 Å². The van der Waals surface area contributed by atoms with Crippen LogP contribution in [0.3, 0.4) is 0 Å². The molecule has 7 rings (SSSR count). The molecule has 2 heterocycles. The third-order valence-corrected chi connectivity index (χ3v) is 11.7. The number of thiazole rings is 2. The average molecular weight is 805 g/mol. The smallest absolute Gasteiger partial charge is 0.243 e. The van der Waals surface area contributed by atoms with Gasteiger partial charge in [0.1, 0.15) is 10.7 Å². The first-order valence-corrected chi connectivity index (χ1v) is 20.4. The van der Waals surface area contributed by atoms with Gasteiger partial charge in [0.25, 0.3) is 0 Å². The molecule has 2 aromatic heterocycles. The summed E-state index contributed by atoms with van der Waals surface area (Å²) in [5, 5.41) is 7.62. The molecule has 10 nitrogen and oxygen atoms in total. The number of carbonyl (C=O) groups excluding carboxylic acids is 2. The molecular formula is C42H37FN6O4S3. The summed E-state index contributed by atoms with van der Waals surface area (Å²) in [4.78, 5) is 34.6. The molecule has 0 radical (unpaired) electrons. The SMILES string of the molecule is Cc1ccccc1C(=O)c1cnc(Nc2ccc(CN)cc2)s1.Cc1ccccc1C(=O)c1cnc(Nc2ccc(CNS(=O)(=O)c3ccccc3F)cc2)s1. The lowest BCUT2D eigenvalue weighted by Crippen LogP contribution is -2.24. The van der Waals surface area contributed by atoms with Gasteiger partial charge < -0.3 is 16.4 Å². The van der Waals surface area contributed by atoms with Crippen molar-refractivity contribution in [3.05, 3.63) is 183 Å². The number of ketones is 2. The van der Waals surface area contributed by atoms with Gasteiger partial charge in [0.15, 0.2) is 10.3 Å². The highest BCUT2D eigenvalue weighted by atomic mass is 32.2. The number of hydrogen-bond donors (Lipinski definition) is 4. The van der Waals surface area contributed by atoms with Crippen molar-refractivity contribution >= 4 is 65.9 Å². The zero-order chi connectivity index (χ0) is 39.7. The number of rotatable bonds is 13. The molecule has 0 unspecified atom stereocenters. The van der Waals surface area contributed by atoms with Crippen LogP contribution in [0.15, 0.2) is 139 Å². The van der Waals surface area contributed by atoms with Gasteiger partial charge in [-0.3, -0.25) is 9.59 Å². The minimum Gasteiger partial charge on any atom is -0.332 e. The van der Waals surface area contributed by atoms with Crippen LogP contribution in [-0.2, 0) is 23.1 Å². The van der Waals surface area contributed by atoms with Gasteiger partial charge >= 0.3 is 0 Å². The number of aromatic nitrogens is 2. The topological polar surface area (TPSA) is 156 Å². The Kier molecular flexibility index (Phi) is 12.9. The zero-order valence-corrected chi connectivity index (χ0v) is 32.8. The highest BCUT2D eigenvalue weighted by Crippen LogP contribution is 2.27. The third-order valence-electron chi connectivity index (χ3n) is 8.48. The van der Waals surface area contributed by atoms with E-state index >= 15 is 0 Å². The summed E-state index contributed by atoms with van der Waals surface area (Å²) in [6, 6.07) is 35.1. The highest BCUT2D eigenvalue weighted by Gasteiger charge is 2.19.